The second kappa shape index (κ2) is 11.2. The molecule has 6 aliphatic rings. The van der Waals surface area contributed by atoms with Gasteiger partial charge in [-0.2, -0.15) is 0 Å². The maximum atomic E-state index is 12.0. The van der Waals surface area contributed by atoms with Crippen molar-refractivity contribution in [2.45, 2.75) is 149 Å². The third-order valence-electron chi connectivity index (χ3n) is 14.9. The highest BCUT2D eigenvalue weighted by molar-refractivity contribution is 5.66. The molecule has 12 atom stereocenters. The molecule has 1 aliphatic heterocycles. The zero-order valence-corrected chi connectivity index (χ0v) is 28.7. The van der Waals surface area contributed by atoms with Crippen molar-refractivity contribution < 1.29 is 34.0 Å². The van der Waals surface area contributed by atoms with Gasteiger partial charge in [-0.3, -0.25) is 4.79 Å². The van der Waals surface area contributed by atoms with Crippen molar-refractivity contribution >= 4 is 5.97 Å². The molecule has 6 rings (SSSR count). The number of hydrogen-bond donors (Lipinski definition) is 3. The molecule has 44 heavy (non-hydrogen) atoms. The maximum Gasteiger partial charge on any atom is 0.303 e. The maximum absolute atomic E-state index is 12.0. The minimum Gasteiger partial charge on any atom is -0.457 e. The molecule has 1 heterocycles. The molecular formula is C36H61NO7. The molecule has 5 saturated carbocycles. The quantitative estimate of drug-likeness (QED) is 0.302. The number of methoxy groups -OCH3 is 1. The number of aliphatic hydroxyl groups is 2. The van der Waals surface area contributed by atoms with Gasteiger partial charge in [-0.25, -0.2) is 0 Å². The summed E-state index contributed by atoms with van der Waals surface area (Å²) in [6.45, 7) is 17.0. The van der Waals surface area contributed by atoms with Crippen molar-refractivity contribution in [2.75, 3.05) is 26.8 Å². The molecule has 0 aromatic rings. The van der Waals surface area contributed by atoms with Gasteiger partial charge in [-0.05, 0) is 117 Å². The van der Waals surface area contributed by atoms with E-state index in [-0.39, 0.29) is 34.7 Å². The molecule has 9 unspecified atom stereocenters. The number of morpholine rings is 1. The highest BCUT2D eigenvalue weighted by Crippen LogP contribution is 2.89. The number of aliphatic hydroxyl groups excluding tert-OH is 1. The van der Waals surface area contributed by atoms with Crippen LogP contribution in [0, 0.1) is 44.8 Å². The third-order valence-corrected chi connectivity index (χ3v) is 14.9. The predicted octanol–water partition coefficient (Wildman–Crippen LogP) is 5.23. The van der Waals surface area contributed by atoms with Gasteiger partial charge in [-0.15, -0.1) is 0 Å². The SMILES string of the molecule is COC(CC[C@H]1C[C@H](O)[C@@]2(C)C3CCC4C(C)(C)C(OC5CNCCO5)CCC45CC35CCC12C)C(OC(C)=O)C(C)(C)O. The first kappa shape index (κ1) is 33.1. The average molecular weight is 620 g/mol. The molecule has 0 aromatic carbocycles. The Labute approximate surface area is 265 Å². The van der Waals surface area contributed by atoms with Crippen LogP contribution < -0.4 is 5.32 Å². The summed E-state index contributed by atoms with van der Waals surface area (Å²) in [6, 6.07) is 0. The number of carbonyl (C=O) groups is 1. The van der Waals surface area contributed by atoms with Crippen LogP contribution in [-0.4, -0.2) is 79.3 Å². The molecule has 8 heteroatoms. The van der Waals surface area contributed by atoms with E-state index in [1.54, 1.807) is 21.0 Å². The van der Waals surface area contributed by atoms with Crippen LogP contribution in [0.25, 0.3) is 0 Å². The van der Waals surface area contributed by atoms with Crippen molar-refractivity contribution in [1.82, 2.24) is 5.32 Å². The summed E-state index contributed by atoms with van der Waals surface area (Å²) < 4.78 is 24.0. The summed E-state index contributed by atoms with van der Waals surface area (Å²) >= 11 is 0. The molecule has 6 fully saturated rings. The summed E-state index contributed by atoms with van der Waals surface area (Å²) in [4.78, 5) is 11.9. The summed E-state index contributed by atoms with van der Waals surface area (Å²) in [5, 5.41) is 26.3. The van der Waals surface area contributed by atoms with Gasteiger partial charge in [0.1, 0.15) is 0 Å². The molecule has 0 radical (unpaired) electrons. The smallest absolute Gasteiger partial charge is 0.303 e. The normalized spacial score (nSPS) is 47.4. The fourth-order valence-electron chi connectivity index (χ4n) is 12.6. The number of ether oxygens (including phenoxy) is 4. The number of rotatable bonds is 9. The average Bonchev–Trinajstić information content (AvgIpc) is 3.58. The molecule has 0 amide bonds. The van der Waals surface area contributed by atoms with E-state index in [4.69, 9.17) is 18.9 Å². The van der Waals surface area contributed by atoms with E-state index >= 15 is 0 Å². The Morgan fingerprint density at radius 2 is 1.77 bits per heavy atom. The minimum atomic E-state index is -1.21. The van der Waals surface area contributed by atoms with Gasteiger partial charge in [0.2, 0.25) is 0 Å². The van der Waals surface area contributed by atoms with Crippen molar-refractivity contribution in [3.63, 3.8) is 0 Å². The van der Waals surface area contributed by atoms with Crippen LogP contribution in [0.2, 0.25) is 0 Å². The summed E-state index contributed by atoms with van der Waals surface area (Å²) in [5.74, 6) is 1.12. The van der Waals surface area contributed by atoms with Gasteiger partial charge in [0.25, 0.3) is 0 Å². The predicted molar refractivity (Wildman–Crippen MR) is 168 cm³/mol. The Bertz CT molecular complexity index is 1080. The van der Waals surface area contributed by atoms with Crippen LogP contribution in [0.1, 0.15) is 113 Å². The van der Waals surface area contributed by atoms with Crippen LogP contribution in [0.3, 0.4) is 0 Å². The summed E-state index contributed by atoms with van der Waals surface area (Å²) in [5.41, 5.74) is -0.504. The second-order valence-corrected chi connectivity index (χ2v) is 17.3. The van der Waals surface area contributed by atoms with Crippen molar-refractivity contribution in [3.8, 4) is 0 Å². The van der Waals surface area contributed by atoms with Crippen LogP contribution in [0.5, 0.6) is 0 Å². The van der Waals surface area contributed by atoms with E-state index in [2.05, 4.69) is 33.0 Å². The molecule has 5 aliphatic carbocycles. The second-order valence-electron chi connectivity index (χ2n) is 17.3. The molecule has 252 valence electrons. The van der Waals surface area contributed by atoms with Gasteiger partial charge in [-0.1, -0.05) is 27.7 Å². The van der Waals surface area contributed by atoms with E-state index in [0.29, 0.717) is 35.0 Å². The van der Waals surface area contributed by atoms with E-state index in [9.17, 15) is 15.0 Å². The number of fused-ring (bicyclic) bond motifs is 2. The summed E-state index contributed by atoms with van der Waals surface area (Å²) in [6.07, 6.45) is 9.44. The monoisotopic (exact) mass is 619 g/mol. The molecule has 2 spiro atoms. The fraction of sp³-hybridized carbons (Fsp3) is 0.972. The largest absolute Gasteiger partial charge is 0.457 e. The molecule has 8 nitrogen and oxygen atoms in total. The fourth-order valence-corrected chi connectivity index (χ4v) is 12.6. The van der Waals surface area contributed by atoms with Crippen molar-refractivity contribution in [2.24, 2.45) is 44.8 Å². The first-order chi connectivity index (χ1) is 20.6. The molecule has 1 saturated heterocycles. The van der Waals surface area contributed by atoms with Crippen LogP contribution in [0.4, 0.5) is 0 Å². The zero-order valence-electron chi connectivity index (χ0n) is 28.7. The Hall–Kier alpha value is -0.770. The lowest BCUT2D eigenvalue weighted by atomic mass is 9.41. The van der Waals surface area contributed by atoms with Crippen LogP contribution in [-0.2, 0) is 23.7 Å². The topological polar surface area (TPSA) is 106 Å². The molecule has 0 bridgehead atoms. The molecule has 0 aromatic heterocycles. The molecule has 3 N–H and O–H groups in total. The Kier molecular flexibility index (Phi) is 8.40. The van der Waals surface area contributed by atoms with Crippen LogP contribution in [0.15, 0.2) is 0 Å². The Balaban J connectivity index is 1.19. The number of nitrogens with one attached hydrogen (secondary N) is 1. The van der Waals surface area contributed by atoms with Crippen molar-refractivity contribution in [1.29, 1.82) is 0 Å². The molecular weight excluding hydrogens is 558 g/mol. The van der Waals surface area contributed by atoms with Crippen LogP contribution >= 0.6 is 0 Å². The number of hydrogen-bond acceptors (Lipinski definition) is 8. The first-order valence-corrected chi connectivity index (χ1v) is 17.6. The summed E-state index contributed by atoms with van der Waals surface area (Å²) in [7, 11) is 1.64. The Morgan fingerprint density at radius 3 is 2.41 bits per heavy atom. The Morgan fingerprint density at radius 1 is 1.07 bits per heavy atom. The number of esters is 1. The lowest BCUT2D eigenvalue weighted by Gasteiger charge is -2.63. The third kappa shape index (κ3) is 4.77. The van der Waals surface area contributed by atoms with E-state index < -0.39 is 23.8 Å². The standard InChI is InChI=1S/C36H61NO7/c1-22(38)43-30(32(4,5)40)24(41-8)10-9-23-19-27(39)34(7)26-12-11-25-31(2,3)28(44-29-20-37-17-18-42-29)13-14-35(25)21-36(26,35)16-15-33(23,34)6/h23-30,37,39-40H,9-21H2,1-8H3/t23-,24?,25?,26?,27-,28?,29?,30?,33?,34+,35?,36?/m0/s1. The van der Waals surface area contributed by atoms with E-state index in [1.165, 1.54) is 39.0 Å². The lowest BCUT2D eigenvalue weighted by molar-refractivity contribution is -0.237. The minimum absolute atomic E-state index is 0.0318. The van der Waals surface area contributed by atoms with Gasteiger partial charge >= 0.3 is 5.97 Å². The highest BCUT2D eigenvalue weighted by Gasteiger charge is 2.83. The van der Waals surface area contributed by atoms with Crippen molar-refractivity contribution in [3.05, 3.63) is 0 Å². The van der Waals surface area contributed by atoms with E-state index in [0.717, 1.165) is 45.4 Å². The highest BCUT2D eigenvalue weighted by atomic mass is 16.7. The van der Waals surface area contributed by atoms with Gasteiger partial charge in [0.05, 0.1) is 30.5 Å². The lowest BCUT2D eigenvalue weighted by Crippen LogP contribution is -2.60. The number of carbonyl (C=O) groups excluding carboxylic acids is 1. The van der Waals surface area contributed by atoms with Gasteiger partial charge in [0, 0.05) is 32.5 Å². The van der Waals surface area contributed by atoms with Gasteiger partial charge < -0.3 is 34.5 Å². The zero-order chi connectivity index (χ0) is 31.9. The van der Waals surface area contributed by atoms with Gasteiger partial charge in [0.15, 0.2) is 12.4 Å². The first-order valence-electron chi connectivity index (χ1n) is 17.6. The van der Waals surface area contributed by atoms with E-state index in [1.807, 2.05) is 0 Å².